The van der Waals surface area contributed by atoms with E-state index in [-0.39, 0.29) is 4.90 Å². The van der Waals surface area contributed by atoms with E-state index in [1.165, 1.54) is 25.7 Å². The summed E-state index contributed by atoms with van der Waals surface area (Å²) in [5.41, 5.74) is 1.46. The van der Waals surface area contributed by atoms with Crippen LogP contribution >= 0.6 is 0 Å². The standard InChI is InChI=1S/C18H30N4O2S/c1-3-18(11-5-12-18)14-22-17(20-4-2)21-13-10-15-6-8-16(9-7-15)25(19,23)24/h6-9H,3-5,10-14H2,1-2H3,(H2,19,23,24)(H2,20,21,22). The monoisotopic (exact) mass is 366 g/mol. The Morgan fingerprint density at radius 3 is 2.36 bits per heavy atom. The molecule has 0 atom stereocenters. The van der Waals surface area contributed by atoms with Crippen LogP contribution < -0.4 is 15.8 Å². The van der Waals surface area contributed by atoms with E-state index in [9.17, 15) is 8.42 Å². The van der Waals surface area contributed by atoms with Crippen LogP contribution in [0.5, 0.6) is 0 Å². The van der Waals surface area contributed by atoms with Gasteiger partial charge in [-0.25, -0.2) is 13.6 Å². The molecule has 0 radical (unpaired) electrons. The van der Waals surface area contributed by atoms with Gasteiger partial charge in [-0.3, -0.25) is 4.99 Å². The molecule has 6 nitrogen and oxygen atoms in total. The number of nitrogens with two attached hydrogens (primary N) is 1. The number of sulfonamides is 1. The summed E-state index contributed by atoms with van der Waals surface area (Å²) in [5, 5.41) is 11.8. The van der Waals surface area contributed by atoms with Crippen LogP contribution in [0.1, 0.15) is 45.1 Å². The second kappa shape index (κ2) is 8.67. The van der Waals surface area contributed by atoms with Crippen LogP contribution in [0.4, 0.5) is 0 Å². The minimum Gasteiger partial charge on any atom is -0.357 e. The van der Waals surface area contributed by atoms with Crippen LogP contribution in [-0.4, -0.2) is 34.0 Å². The summed E-state index contributed by atoms with van der Waals surface area (Å²) in [6.07, 6.45) is 5.86. The third-order valence-corrected chi connectivity index (χ3v) is 5.97. The molecule has 0 aliphatic heterocycles. The van der Waals surface area contributed by atoms with Gasteiger partial charge in [-0.1, -0.05) is 25.5 Å². The molecule has 0 aromatic heterocycles. The summed E-state index contributed by atoms with van der Waals surface area (Å²) < 4.78 is 22.5. The molecule has 140 valence electrons. The number of nitrogens with zero attached hydrogens (tertiary/aromatic N) is 1. The second-order valence-electron chi connectivity index (χ2n) is 6.77. The van der Waals surface area contributed by atoms with Crippen LogP contribution in [0.3, 0.4) is 0 Å². The van der Waals surface area contributed by atoms with E-state index in [0.717, 1.165) is 37.6 Å². The molecule has 1 aliphatic rings. The molecule has 25 heavy (non-hydrogen) atoms. The van der Waals surface area contributed by atoms with Crippen molar-refractivity contribution in [2.75, 3.05) is 19.6 Å². The SMILES string of the molecule is CCNC(=NCC1(CC)CCC1)NCCc1ccc(S(N)(=O)=O)cc1. The summed E-state index contributed by atoms with van der Waals surface area (Å²) in [6, 6.07) is 6.69. The van der Waals surface area contributed by atoms with E-state index >= 15 is 0 Å². The fraction of sp³-hybridized carbons (Fsp3) is 0.611. The summed E-state index contributed by atoms with van der Waals surface area (Å²) in [6.45, 7) is 6.75. The lowest BCUT2D eigenvalue weighted by Crippen LogP contribution is -2.40. The lowest BCUT2D eigenvalue weighted by molar-refractivity contribution is 0.139. The molecule has 0 amide bonds. The predicted octanol–water partition coefficient (Wildman–Crippen LogP) is 2.01. The maximum absolute atomic E-state index is 11.3. The number of nitrogens with one attached hydrogen (secondary N) is 2. The topological polar surface area (TPSA) is 96.6 Å². The fourth-order valence-electron chi connectivity index (χ4n) is 3.06. The van der Waals surface area contributed by atoms with Crippen LogP contribution in [0, 0.1) is 5.41 Å². The Morgan fingerprint density at radius 1 is 1.20 bits per heavy atom. The molecule has 0 bridgehead atoms. The first-order valence-electron chi connectivity index (χ1n) is 9.02. The van der Waals surface area contributed by atoms with Crippen LogP contribution in [0.25, 0.3) is 0 Å². The Balaban J connectivity index is 1.86. The maximum atomic E-state index is 11.3. The summed E-state index contributed by atoms with van der Waals surface area (Å²) in [5.74, 6) is 0.850. The first-order chi connectivity index (χ1) is 11.9. The van der Waals surface area contributed by atoms with Crippen molar-refractivity contribution in [1.29, 1.82) is 0 Å². The van der Waals surface area contributed by atoms with Gasteiger partial charge in [0.25, 0.3) is 0 Å². The molecule has 1 aromatic carbocycles. The van der Waals surface area contributed by atoms with Crippen molar-refractivity contribution in [3.63, 3.8) is 0 Å². The Labute approximate surface area is 151 Å². The molecule has 1 aromatic rings. The van der Waals surface area contributed by atoms with E-state index in [2.05, 4.69) is 24.5 Å². The average molecular weight is 367 g/mol. The third kappa shape index (κ3) is 5.71. The van der Waals surface area contributed by atoms with Gasteiger partial charge < -0.3 is 10.6 Å². The predicted molar refractivity (Wildman–Crippen MR) is 102 cm³/mol. The molecular formula is C18H30N4O2S. The van der Waals surface area contributed by atoms with Crippen molar-refractivity contribution < 1.29 is 8.42 Å². The van der Waals surface area contributed by atoms with E-state index < -0.39 is 10.0 Å². The molecule has 0 unspecified atom stereocenters. The molecule has 1 aliphatic carbocycles. The molecule has 0 heterocycles. The van der Waals surface area contributed by atoms with Gasteiger partial charge in [0.05, 0.1) is 4.90 Å². The number of aliphatic imine (C=N–C) groups is 1. The quantitative estimate of drug-likeness (QED) is 0.484. The zero-order valence-corrected chi connectivity index (χ0v) is 16.0. The molecule has 2 rings (SSSR count). The van der Waals surface area contributed by atoms with E-state index in [1.54, 1.807) is 24.3 Å². The molecule has 0 spiro atoms. The first-order valence-corrected chi connectivity index (χ1v) is 10.6. The van der Waals surface area contributed by atoms with Gasteiger partial charge in [0.15, 0.2) is 5.96 Å². The highest BCUT2D eigenvalue weighted by molar-refractivity contribution is 7.89. The van der Waals surface area contributed by atoms with Gasteiger partial charge in [-0.15, -0.1) is 0 Å². The van der Waals surface area contributed by atoms with Crippen molar-refractivity contribution in [2.45, 2.75) is 50.8 Å². The van der Waals surface area contributed by atoms with Crippen LogP contribution in [0.15, 0.2) is 34.2 Å². The number of benzene rings is 1. The Hall–Kier alpha value is -1.60. The number of rotatable bonds is 8. The van der Waals surface area contributed by atoms with Crippen LogP contribution in [-0.2, 0) is 16.4 Å². The smallest absolute Gasteiger partial charge is 0.238 e. The lowest BCUT2D eigenvalue weighted by Gasteiger charge is -2.40. The van der Waals surface area contributed by atoms with Gasteiger partial charge in [0, 0.05) is 19.6 Å². The van der Waals surface area contributed by atoms with Gasteiger partial charge >= 0.3 is 0 Å². The van der Waals surface area contributed by atoms with Gasteiger partial charge in [0.2, 0.25) is 10.0 Å². The van der Waals surface area contributed by atoms with E-state index in [1.807, 2.05) is 0 Å². The first kappa shape index (κ1) is 19.7. The normalized spacial score (nSPS) is 17.0. The molecule has 4 N–H and O–H groups in total. The van der Waals surface area contributed by atoms with E-state index in [4.69, 9.17) is 10.1 Å². The van der Waals surface area contributed by atoms with Gasteiger partial charge in [-0.05, 0) is 55.7 Å². The van der Waals surface area contributed by atoms with Crippen molar-refractivity contribution in [2.24, 2.45) is 15.5 Å². The summed E-state index contributed by atoms with van der Waals surface area (Å²) >= 11 is 0. The zero-order valence-electron chi connectivity index (χ0n) is 15.2. The number of hydrogen-bond acceptors (Lipinski definition) is 3. The van der Waals surface area contributed by atoms with Crippen molar-refractivity contribution in [3.8, 4) is 0 Å². The highest BCUT2D eigenvalue weighted by atomic mass is 32.2. The van der Waals surface area contributed by atoms with Crippen LogP contribution in [0.2, 0.25) is 0 Å². The average Bonchev–Trinajstić information content (AvgIpc) is 2.54. The van der Waals surface area contributed by atoms with Crippen molar-refractivity contribution in [3.05, 3.63) is 29.8 Å². The molecule has 1 fully saturated rings. The van der Waals surface area contributed by atoms with E-state index in [0.29, 0.717) is 5.41 Å². The summed E-state index contributed by atoms with van der Waals surface area (Å²) in [4.78, 5) is 4.90. The summed E-state index contributed by atoms with van der Waals surface area (Å²) in [7, 11) is -3.63. The molecule has 1 saturated carbocycles. The van der Waals surface area contributed by atoms with Gasteiger partial charge in [-0.2, -0.15) is 0 Å². The maximum Gasteiger partial charge on any atom is 0.238 e. The molecule has 7 heteroatoms. The lowest BCUT2D eigenvalue weighted by atomic mass is 9.67. The largest absolute Gasteiger partial charge is 0.357 e. The highest BCUT2D eigenvalue weighted by Gasteiger charge is 2.34. The number of primary sulfonamides is 1. The minimum absolute atomic E-state index is 0.143. The zero-order chi connectivity index (χ0) is 18.3. The highest BCUT2D eigenvalue weighted by Crippen LogP contribution is 2.43. The third-order valence-electron chi connectivity index (χ3n) is 5.04. The molecule has 0 saturated heterocycles. The Morgan fingerprint density at radius 2 is 1.88 bits per heavy atom. The molecular weight excluding hydrogens is 336 g/mol. The number of guanidine groups is 1. The Kier molecular flexibility index (Phi) is 6.84. The van der Waals surface area contributed by atoms with Crippen molar-refractivity contribution in [1.82, 2.24) is 10.6 Å². The Bertz CT molecular complexity index is 674. The fourth-order valence-corrected chi connectivity index (χ4v) is 3.58. The van der Waals surface area contributed by atoms with Gasteiger partial charge in [0.1, 0.15) is 0 Å². The minimum atomic E-state index is -3.63. The van der Waals surface area contributed by atoms with Crippen molar-refractivity contribution >= 4 is 16.0 Å². The second-order valence-corrected chi connectivity index (χ2v) is 8.33. The number of hydrogen-bond donors (Lipinski definition) is 3.